The number of ether oxygens (including phenoxy) is 2. The van der Waals surface area contributed by atoms with Crippen LogP contribution in [-0.4, -0.2) is 26.3 Å². The normalized spacial score (nSPS) is 13.1. The minimum Gasteiger partial charge on any atom is -0.467 e. The number of allylic oxidation sites excluding steroid dienone is 2. The Balaban J connectivity index is 3.45. The summed E-state index contributed by atoms with van der Waals surface area (Å²) in [5.41, 5.74) is 0. The van der Waals surface area contributed by atoms with Gasteiger partial charge in [-0.25, -0.2) is 4.79 Å². The molecule has 0 heterocycles. The predicted molar refractivity (Wildman–Crippen MR) is 83.7 cm³/mol. The second-order valence-corrected chi connectivity index (χ2v) is 5.68. The van der Waals surface area contributed by atoms with Gasteiger partial charge in [-0.15, -0.1) is 0 Å². The van der Waals surface area contributed by atoms with Crippen LogP contribution in [0.3, 0.4) is 0 Å². The van der Waals surface area contributed by atoms with Crippen molar-refractivity contribution in [3.05, 3.63) is 12.2 Å². The second-order valence-electron chi connectivity index (χ2n) is 5.68. The first-order chi connectivity index (χ1) is 9.61. The number of hydrogen-bond acceptors (Lipinski definition) is 3. The highest BCUT2D eigenvalue weighted by Crippen LogP contribution is 2.10. The fourth-order valence-electron chi connectivity index (χ4n) is 2.11. The minimum atomic E-state index is -0.413. The van der Waals surface area contributed by atoms with Gasteiger partial charge in [0.1, 0.15) is 0 Å². The third-order valence-electron chi connectivity index (χ3n) is 3.40. The first-order valence-corrected chi connectivity index (χ1v) is 7.87. The van der Waals surface area contributed by atoms with Crippen molar-refractivity contribution in [1.29, 1.82) is 0 Å². The monoisotopic (exact) mass is 284 g/mol. The first kappa shape index (κ1) is 19.2. The number of carbonyl (C=O) groups excluding carboxylic acids is 1. The van der Waals surface area contributed by atoms with E-state index in [9.17, 15) is 4.79 Å². The zero-order valence-electron chi connectivity index (χ0n) is 13.7. The molecule has 3 heteroatoms. The van der Waals surface area contributed by atoms with Crippen molar-refractivity contribution in [3.63, 3.8) is 0 Å². The molecule has 0 fully saturated rings. The highest BCUT2D eigenvalue weighted by Gasteiger charge is 2.16. The number of methoxy groups -OCH3 is 2. The molecule has 0 aliphatic rings. The molecule has 1 atom stereocenters. The number of unbranched alkanes of at least 4 members (excludes halogenated alkanes) is 4. The van der Waals surface area contributed by atoms with Crippen molar-refractivity contribution in [2.45, 2.75) is 71.3 Å². The third kappa shape index (κ3) is 11.0. The minimum absolute atomic E-state index is 0.276. The quantitative estimate of drug-likeness (QED) is 0.300. The maximum atomic E-state index is 11.3. The van der Waals surface area contributed by atoms with Gasteiger partial charge in [-0.1, -0.05) is 45.3 Å². The molecule has 0 rings (SSSR count). The lowest BCUT2D eigenvalue weighted by Gasteiger charge is -2.11. The Morgan fingerprint density at radius 3 is 2.15 bits per heavy atom. The van der Waals surface area contributed by atoms with Gasteiger partial charge in [0.15, 0.2) is 6.10 Å². The first-order valence-electron chi connectivity index (χ1n) is 7.87. The zero-order chi connectivity index (χ0) is 15.2. The summed E-state index contributed by atoms with van der Waals surface area (Å²) in [6, 6.07) is 0. The Morgan fingerprint density at radius 2 is 1.60 bits per heavy atom. The smallest absolute Gasteiger partial charge is 0.334 e. The van der Waals surface area contributed by atoms with Crippen LogP contribution in [-0.2, 0) is 14.3 Å². The van der Waals surface area contributed by atoms with Crippen LogP contribution in [0.15, 0.2) is 12.2 Å². The van der Waals surface area contributed by atoms with Crippen molar-refractivity contribution in [3.8, 4) is 0 Å². The third-order valence-corrected chi connectivity index (χ3v) is 3.40. The maximum Gasteiger partial charge on any atom is 0.334 e. The van der Waals surface area contributed by atoms with Gasteiger partial charge in [0, 0.05) is 7.11 Å². The van der Waals surface area contributed by atoms with E-state index in [1.54, 1.807) is 7.11 Å². The summed E-state index contributed by atoms with van der Waals surface area (Å²) in [5.74, 6) is 0.552. The standard InChI is InChI=1S/C17H32O3/c1-15(2)13-11-9-7-5-6-8-10-12-14-16(19-3)17(18)20-4/h6,8,15-16H,5,7,9-14H2,1-4H3/b8-6-. The molecule has 0 amide bonds. The summed E-state index contributed by atoms with van der Waals surface area (Å²) < 4.78 is 9.77. The van der Waals surface area contributed by atoms with Gasteiger partial charge in [0.2, 0.25) is 0 Å². The molecular formula is C17H32O3. The van der Waals surface area contributed by atoms with E-state index in [4.69, 9.17) is 4.74 Å². The van der Waals surface area contributed by atoms with Crippen LogP contribution in [0, 0.1) is 5.92 Å². The maximum absolute atomic E-state index is 11.3. The summed E-state index contributed by atoms with van der Waals surface area (Å²) in [7, 11) is 2.95. The van der Waals surface area contributed by atoms with Crippen LogP contribution in [0.25, 0.3) is 0 Å². The predicted octanol–water partition coefficient (Wildman–Crippen LogP) is 4.51. The molecule has 20 heavy (non-hydrogen) atoms. The average molecular weight is 284 g/mol. The molecule has 0 aromatic rings. The summed E-state index contributed by atoms with van der Waals surface area (Å²) in [6.45, 7) is 4.56. The van der Waals surface area contributed by atoms with Crippen molar-refractivity contribution in [2.24, 2.45) is 5.92 Å². The van der Waals surface area contributed by atoms with Crippen molar-refractivity contribution in [1.82, 2.24) is 0 Å². The highest BCUT2D eigenvalue weighted by molar-refractivity contribution is 5.74. The number of rotatable bonds is 12. The molecule has 0 aliphatic heterocycles. The van der Waals surface area contributed by atoms with E-state index in [0.717, 1.165) is 25.2 Å². The Hall–Kier alpha value is -0.830. The van der Waals surface area contributed by atoms with Gasteiger partial charge >= 0.3 is 5.97 Å². The van der Waals surface area contributed by atoms with Gasteiger partial charge in [0.05, 0.1) is 7.11 Å². The number of carbonyl (C=O) groups is 1. The fourth-order valence-corrected chi connectivity index (χ4v) is 2.11. The molecule has 3 nitrogen and oxygen atoms in total. The van der Waals surface area contributed by atoms with Gasteiger partial charge < -0.3 is 9.47 Å². The Bertz CT molecular complexity index is 259. The molecule has 1 unspecified atom stereocenters. The molecule has 0 saturated carbocycles. The van der Waals surface area contributed by atoms with Crippen LogP contribution in [0.4, 0.5) is 0 Å². The summed E-state index contributed by atoms with van der Waals surface area (Å²) in [5, 5.41) is 0. The van der Waals surface area contributed by atoms with Crippen LogP contribution < -0.4 is 0 Å². The Labute approximate surface area is 124 Å². The van der Waals surface area contributed by atoms with Crippen molar-refractivity contribution >= 4 is 5.97 Å². The lowest BCUT2D eigenvalue weighted by molar-refractivity contribution is -0.152. The van der Waals surface area contributed by atoms with Gasteiger partial charge in [-0.3, -0.25) is 0 Å². The van der Waals surface area contributed by atoms with Gasteiger partial charge in [0.25, 0.3) is 0 Å². The number of hydrogen-bond donors (Lipinski definition) is 0. The molecule has 0 aromatic heterocycles. The molecule has 118 valence electrons. The number of esters is 1. The highest BCUT2D eigenvalue weighted by atomic mass is 16.6. The average Bonchev–Trinajstić information content (AvgIpc) is 2.44. The topological polar surface area (TPSA) is 35.5 Å². The van der Waals surface area contributed by atoms with Crippen molar-refractivity contribution < 1.29 is 14.3 Å². The fraction of sp³-hybridized carbons (Fsp3) is 0.824. The van der Waals surface area contributed by atoms with Crippen molar-refractivity contribution in [2.75, 3.05) is 14.2 Å². The Morgan fingerprint density at radius 1 is 0.950 bits per heavy atom. The zero-order valence-corrected chi connectivity index (χ0v) is 13.7. The Kier molecular flexibility index (Phi) is 12.6. The molecule has 0 aliphatic carbocycles. The summed E-state index contributed by atoms with van der Waals surface area (Å²) in [4.78, 5) is 11.3. The van der Waals surface area contributed by atoms with Gasteiger partial charge in [-0.2, -0.15) is 0 Å². The van der Waals surface area contributed by atoms with E-state index in [0.29, 0.717) is 0 Å². The van der Waals surface area contributed by atoms with E-state index < -0.39 is 6.10 Å². The van der Waals surface area contributed by atoms with Gasteiger partial charge in [-0.05, 0) is 38.0 Å². The van der Waals surface area contributed by atoms with Crippen LogP contribution in [0.2, 0.25) is 0 Å². The van der Waals surface area contributed by atoms with Crippen LogP contribution >= 0.6 is 0 Å². The largest absolute Gasteiger partial charge is 0.467 e. The van der Waals surface area contributed by atoms with E-state index in [1.165, 1.54) is 39.2 Å². The molecule has 0 saturated heterocycles. The van der Waals surface area contributed by atoms with E-state index >= 15 is 0 Å². The molecule has 0 radical (unpaired) electrons. The summed E-state index contributed by atoms with van der Waals surface area (Å²) >= 11 is 0. The molecular weight excluding hydrogens is 252 g/mol. The molecule has 0 N–H and O–H groups in total. The molecule has 0 bridgehead atoms. The summed E-state index contributed by atoms with van der Waals surface area (Å²) in [6.07, 6.45) is 13.2. The van der Waals surface area contributed by atoms with E-state index in [2.05, 4.69) is 30.7 Å². The van der Waals surface area contributed by atoms with E-state index in [-0.39, 0.29) is 5.97 Å². The lowest BCUT2D eigenvalue weighted by Crippen LogP contribution is -2.24. The van der Waals surface area contributed by atoms with Crippen LogP contribution in [0.5, 0.6) is 0 Å². The van der Waals surface area contributed by atoms with E-state index in [1.807, 2.05) is 0 Å². The molecule has 0 spiro atoms. The SMILES string of the molecule is COC(=O)C(CCC/C=C\CCCCCC(C)C)OC. The second kappa shape index (κ2) is 13.2. The molecule has 0 aromatic carbocycles. The van der Waals surface area contributed by atoms with Crippen LogP contribution in [0.1, 0.15) is 65.2 Å². The lowest BCUT2D eigenvalue weighted by atomic mass is 10.0.